The fourth-order valence-electron chi connectivity index (χ4n) is 4.93. The first kappa shape index (κ1) is 22.7. The summed E-state index contributed by atoms with van der Waals surface area (Å²) in [6, 6.07) is 5.16. The number of aryl methyl sites for hydroxylation is 1. The molecule has 3 aromatic heterocycles. The first-order chi connectivity index (χ1) is 16.5. The van der Waals surface area contributed by atoms with Crippen molar-refractivity contribution in [1.82, 2.24) is 25.1 Å². The van der Waals surface area contributed by atoms with Crippen LogP contribution in [0.2, 0.25) is 0 Å². The van der Waals surface area contributed by atoms with Gasteiger partial charge in [0.25, 0.3) is 5.91 Å². The van der Waals surface area contributed by atoms with Crippen molar-refractivity contribution in [1.29, 1.82) is 0 Å². The maximum atomic E-state index is 13.9. The van der Waals surface area contributed by atoms with E-state index in [1.54, 1.807) is 18.5 Å². The van der Waals surface area contributed by atoms with Gasteiger partial charge < -0.3 is 10.2 Å². The van der Waals surface area contributed by atoms with E-state index in [0.717, 1.165) is 16.3 Å². The van der Waals surface area contributed by atoms with Gasteiger partial charge in [-0.1, -0.05) is 6.07 Å². The van der Waals surface area contributed by atoms with E-state index in [1.807, 2.05) is 40.1 Å². The second-order valence-corrected chi connectivity index (χ2v) is 10.5. The molecule has 0 unspecified atom stereocenters. The number of hydrogen-bond acceptors (Lipinski definition) is 7. The van der Waals surface area contributed by atoms with Crippen molar-refractivity contribution < 1.29 is 14.4 Å². The fraction of sp³-hybridized carbons (Fsp3) is 0.375. The van der Waals surface area contributed by atoms with E-state index in [9.17, 15) is 14.4 Å². The molecule has 0 bridgehead atoms. The van der Waals surface area contributed by atoms with Crippen molar-refractivity contribution in [3.05, 3.63) is 68.6 Å². The maximum Gasteiger partial charge on any atom is 0.325 e. The highest BCUT2D eigenvalue weighted by Gasteiger charge is 2.57. The SMILES string of the molecule is Cc1nc(CC(=O)N2CCC([C@]3(c4cccnc4)NC(=O)N(Cc4ccsc4)C3=O)CC2)cs1. The van der Waals surface area contributed by atoms with E-state index in [-0.39, 0.29) is 30.7 Å². The van der Waals surface area contributed by atoms with Crippen LogP contribution >= 0.6 is 22.7 Å². The molecule has 1 atom stereocenters. The first-order valence-corrected chi connectivity index (χ1v) is 13.0. The van der Waals surface area contributed by atoms with Gasteiger partial charge in [-0.3, -0.25) is 19.5 Å². The monoisotopic (exact) mass is 495 g/mol. The highest BCUT2D eigenvalue weighted by Crippen LogP contribution is 2.41. The van der Waals surface area contributed by atoms with Crippen LogP contribution in [0.5, 0.6) is 0 Å². The first-order valence-electron chi connectivity index (χ1n) is 11.2. The van der Waals surface area contributed by atoms with E-state index in [1.165, 1.54) is 27.6 Å². The minimum absolute atomic E-state index is 0.0417. The minimum atomic E-state index is -1.18. The Labute approximate surface area is 205 Å². The number of thiophene rings is 1. The Morgan fingerprint density at radius 1 is 1.24 bits per heavy atom. The molecule has 34 heavy (non-hydrogen) atoms. The Hall–Kier alpha value is -3.11. The molecular formula is C24H25N5O3S2. The van der Waals surface area contributed by atoms with Gasteiger partial charge in [-0.2, -0.15) is 11.3 Å². The second-order valence-electron chi connectivity index (χ2n) is 8.69. The Morgan fingerprint density at radius 3 is 2.71 bits per heavy atom. The van der Waals surface area contributed by atoms with Crippen LogP contribution in [0.15, 0.2) is 46.7 Å². The van der Waals surface area contributed by atoms with Crippen LogP contribution < -0.4 is 5.32 Å². The van der Waals surface area contributed by atoms with Crippen molar-refractivity contribution >= 4 is 40.5 Å². The number of aromatic nitrogens is 2. The number of imide groups is 1. The Kier molecular flexibility index (Phi) is 6.18. The summed E-state index contributed by atoms with van der Waals surface area (Å²) >= 11 is 3.07. The van der Waals surface area contributed by atoms with E-state index in [0.29, 0.717) is 31.5 Å². The number of pyridine rings is 1. The Balaban J connectivity index is 1.36. The highest BCUT2D eigenvalue weighted by molar-refractivity contribution is 7.09. The van der Waals surface area contributed by atoms with Crippen molar-refractivity contribution in [3.63, 3.8) is 0 Å². The van der Waals surface area contributed by atoms with Crippen LogP contribution in [0.25, 0.3) is 0 Å². The quantitative estimate of drug-likeness (QED) is 0.529. The Bertz CT molecular complexity index is 1190. The number of rotatable bonds is 6. The Morgan fingerprint density at radius 2 is 2.06 bits per heavy atom. The maximum absolute atomic E-state index is 13.9. The molecule has 0 aliphatic carbocycles. The lowest BCUT2D eigenvalue weighted by Crippen LogP contribution is -2.54. The molecule has 2 saturated heterocycles. The van der Waals surface area contributed by atoms with E-state index in [2.05, 4.69) is 15.3 Å². The standard InChI is InChI=1S/C24H25N5O3S2/c1-16-26-20(15-34-16)11-21(30)28-8-4-18(5-9-28)24(19-3-2-7-25-12-19)22(31)29(23(32)27-24)13-17-6-10-33-14-17/h2-3,6-7,10,12,14-15,18H,4-5,8-9,11,13H2,1H3,(H,27,32)/t24-/m1/s1. The van der Waals surface area contributed by atoms with E-state index < -0.39 is 11.6 Å². The molecule has 3 aromatic rings. The molecule has 5 rings (SSSR count). The molecule has 2 aliphatic rings. The predicted molar refractivity (Wildman–Crippen MR) is 129 cm³/mol. The lowest BCUT2D eigenvalue weighted by molar-refractivity contribution is -0.136. The highest BCUT2D eigenvalue weighted by atomic mass is 32.1. The zero-order valence-corrected chi connectivity index (χ0v) is 20.4. The van der Waals surface area contributed by atoms with Gasteiger partial charge in [-0.05, 0) is 54.1 Å². The topological polar surface area (TPSA) is 95.5 Å². The zero-order chi connectivity index (χ0) is 23.7. The van der Waals surface area contributed by atoms with Crippen molar-refractivity contribution in [2.24, 2.45) is 5.92 Å². The summed E-state index contributed by atoms with van der Waals surface area (Å²) in [7, 11) is 0. The number of likely N-dealkylation sites (tertiary alicyclic amines) is 1. The number of nitrogens with zero attached hydrogens (tertiary/aromatic N) is 4. The van der Waals surface area contributed by atoms with Crippen LogP contribution in [-0.2, 0) is 28.1 Å². The number of urea groups is 1. The number of hydrogen-bond donors (Lipinski definition) is 1. The van der Waals surface area contributed by atoms with E-state index in [4.69, 9.17) is 0 Å². The number of piperidine rings is 1. The molecule has 0 saturated carbocycles. The molecule has 2 fully saturated rings. The fourth-order valence-corrected chi connectivity index (χ4v) is 6.20. The third-order valence-corrected chi connectivity index (χ3v) is 8.18. The summed E-state index contributed by atoms with van der Waals surface area (Å²) in [5, 5.41) is 9.79. The number of amides is 4. The molecular weight excluding hydrogens is 470 g/mol. The van der Waals surface area contributed by atoms with Gasteiger partial charge in [0.2, 0.25) is 5.91 Å². The van der Waals surface area contributed by atoms with Gasteiger partial charge in [0, 0.05) is 36.4 Å². The predicted octanol–water partition coefficient (Wildman–Crippen LogP) is 3.34. The average Bonchev–Trinajstić information content (AvgIpc) is 3.57. The summed E-state index contributed by atoms with van der Waals surface area (Å²) in [5.74, 6) is -0.356. The summed E-state index contributed by atoms with van der Waals surface area (Å²) in [5.41, 5.74) is 1.23. The average molecular weight is 496 g/mol. The van der Waals surface area contributed by atoms with Crippen molar-refractivity contribution in [2.45, 2.75) is 38.3 Å². The van der Waals surface area contributed by atoms with Gasteiger partial charge in [-0.15, -0.1) is 11.3 Å². The molecule has 2 aliphatic heterocycles. The molecule has 1 N–H and O–H groups in total. The molecule has 10 heteroatoms. The third-order valence-electron chi connectivity index (χ3n) is 6.63. The molecule has 0 aromatic carbocycles. The molecule has 0 spiro atoms. The van der Waals surface area contributed by atoms with Crippen molar-refractivity contribution in [3.8, 4) is 0 Å². The summed E-state index contributed by atoms with van der Waals surface area (Å²) in [4.78, 5) is 51.5. The summed E-state index contributed by atoms with van der Waals surface area (Å²) < 4.78 is 0. The largest absolute Gasteiger partial charge is 0.342 e. The molecule has 8 nitrogen and oxygen atoms in total. The minimum Gasteiger partial charge on any atom is -0.342 e. The zero-order valence-electron chi connectivity index (χ0n) is 18.8. The summed E-state index contributed by atoms with van der Waals surface area (Å²) in [6.45, 7) is 3.22. The number of carbonyl (C=O) groups excluding carboxylic acids is 3. The summed E-state index contributed by atoms with van der Waals surface area (Å²) in [6.07, 6.45) is 4.81. The number of thiazole rings is 1. The lowest BCUT2D eigenvalue weighted by atomic mass is 9.73. The second kappa shape index (κ2) is 9.27. The van der Waals surface area contributed by atoms with Crippen molar-refractivity contribution in [2.75, 3.05) is 13.1 Å². The smallest absolute Gasteiger partial charge is 0.325 e. The van der Waals surface area contributed by atoms with Gasteiger partial charge in [-0.25, -0.2) is 9.78 Å². The van der Waals surface area contributed by atoms with Gasteiger partial charge in [0.1, 0.15) is 0 Å². The molecule has 5 heterocycles. The number of nitrogens with one attached hydrogen (secondary N) is 1. The van der Waals surface area contributed by atoms with Crippen LogP contribution in [-0.4, -0.2) is 50.7 Å². The van der Waals surface area contributed by atoms with Crippen LogP contribution in [0.1, 0.15) is 34.7 Å². The number of carbonyl (C=O) groups is 3. The van der Waals surface area contributed by atoms with E-state index >= 15 is 0 Å². The van der Waals surface area contributed by atoms with Crippen LogP contribution in [0.3, 0.4) is 0 Å². The normalized spacial score (nSPS) is 21.2. The molecule has 4 amide bonds. The third kappa shape index (κ3) is 4.12. The van der Waals surface area contributed by atoms with Crippen LogP contribution in [0, 0.1) is 12.8 Å². The van der Waals surface area contributed by atoms with Crippen LogP contribution in [0.4, 0.5) is 4.79 Å². The molecule has 0 radical (unpaired) electrons. The van der Waals surface area contributed by atoms with Gasteiger partial charge >= 0.3 is 6.03 Å². The van der Waals surface area contributed by atoms with Gasteiger partial charge in [0.15, 0.2) is 5.54 Å². The van der Waals surface area contributed by atoms with Gasteiger partial charge in [0.05, 0.1) is 23.7 Å². The lowest BCUT2D eigenvalue weighted by Gasteiger charge is -2.41. The molecule has 176 valence electrons.